The average molecular weight is 310 g/mol. The maximum absolute atomic E-state index is 3.58. The second kappa shape index (κ2) is 6.72. The summed E-state index contributed by atoms with van der Waals surface area (Å²) in [6, 6.07) is 8.82. The van der Waals surface area contributed by atoms with Crippen molar-refractivity contribution in [3.05, 3.63) is 34.3 Å². The molecule has 0 saturated heterocycles. The van der Waals surface area contributed by atoms with Crippen LogP contribution in [0.4, 0.5) is 0 Å². The van der Waals surface area contributed by atoms with Gasteiger partial charge in [0, 0.05) is 11.0 Å². The van der Waals surface area contributed by atoms with Gasteiger partial charge < -0.3 is 5.32 Å². The third-order valence-electron chi connectivity index (χ3n) is 4.13. The zero-order valence-corrected chi connectivity index (χ0v) is 12.9. The highest BCUT2D eigenvalue weighted by Crippen LogP contribution is 2.39. The zero-order chi connectivity index (χ0) is 12.8. The second-order valence-electron chi connectivity index (χ2n) is 5.65. The molecule has 1 aliphatic rings. The summed E-state index contributed by atoms with van der Waals surface area (Å²) in [6.45, 7) is 4.46. The van der Waals surface area contributed by atoms with Crippen LogP contribution in [0, 0.1) is 5.41 Å². The smallest absolute Gasteiger partial charge is 0.0177 e. The average Bonchev–Trinajstić information content (AvgIpc) is 2.38. The molecule has 0 radical (unpaired) electrons. The van der Waals surface area contributed by atoms with Crippen LogP contribution in [0.15, 0.2) is 28.7 Å². The maximum atomic E-state index is 3.58. The van der Waals surface area contributed by atoms with Crippen LogP contribution in [-0.4, -0.2) is 13.1 Å². The van der Waals surface area contributed by atoms with Crippen molar-refractivity contribution in [1.29, 1.82) is 0 Å². The minimum absolute atomic E-state index is 0.495. The van der Waals surface area contributed by atoms with E-state index in [1.165, 1.54) is 55.1 Å². The fraction of sp³-hybridized carbons (Fsp3) is 0.625. The highest BCUT2D eigenvalue weighted by atomic mass is 79.9. The molecule has 1 aromatic carbocycles. The fourth-order valence-corrected chi connectivity index (χ4v) is 3.63. The van der Waals surface area contributed by atoms with Gasteiger partial charge in [0.2, 0.25) is 0 Å². The van der Waals surface area contributed by atoms with Crippen LogP contribution in [-0.2, 0) is 6.42 Å². The summed E-state index contributed by atoms with van der Waals surface area (Å²) >= 11 is 3.58. The van der Waals surface area contributed by atoms with E-state index >= 15 is 0 Å². The first-order chi connectivity index (χ1) is 8.74. The van der Waals surface area contributed by atoms with Crippen molar-refractivity contribution in [2.45, 2.75) is 45.4 Å². The second-order valence-corrected chi connectivity index (χ2v) is 6.56. The third kappa shape index (κ3) is 3.83. The first-order valence-corrected chi connectivity index (χ1v) is 7.99. The minimum Gasteiger partial charge on any atom is -0.316 e. The topological polar surface area (TPSA) is 12.0 Å². The number of hydrogen-bond acceptors (Lipinski definition) is 1. The predicted octanol–water partition coefficient (Wildman–Crippen LogP) is 4.55. The first kappa shape index (κ1) is 14.1. The van der Waals surface area contributed by atoms with Gasteiger partial charge in [-0.2, -0.15) is 0 Å². The number of nitrogens with one attached hydrogen (secondary N) is 1. The molecule has 1 aliphatic carbocycles. The summed E-state index contributed by atoms with van der Waals surface area (Å²) in [5.41, 5.74) is 1.97. The number of hydrogen-bond donors (Lipinski definition) is 1. The lowest BCUT2D eigenvalue weighted by Gasteiger charge is -2.38. The normalized spacial score (nSPS) is 18.8. The van der Waals surface area contributed by atoms with E-state index in [9.17, 15) is 0 Å². The molecule has 1 fully saturated rings. The molecule has 1 saturated carbocycles. The quantitative estimate of drug-likeness (QED) is 0.841. The molecule has 18 heavy (non-hydrogen) atoms. The van der Waals surface area contributed by atoms with E-state index in [2.05, 4.69) is 52.4 Å². The fourth-order valence-electron chi connectivity index (χ4n) is 3.19. The summed E-state index contributed by atoms with van der Waals surface area (Å²) in [4.78, 5) is 0. The van der Waals surface area contributed by atoms with Gasteiger partial charge >= 0.3 is 0 Å². The standard InChI is InChI=1S/C16H24BrN/c1-2-18-13-16(9-4-3-5-10-16)12-14-7-6-8-15(17)11-14/h6-8,11,18H,2-5,9-10,12-13H2,1H3. The highest BCUT2D eigenvalue weighted by Gasteiger charge is 2.31. The van der Waals surface area contributed by atoms with E-state index in [0.29, 0.717) is 5.41 Å². The van der Waals surface area contributed by atoms with Crippen molar-refractivity contribution in [3.8, 4) is 0 Å². The molecule has 2 heteroatoms. The van der Waals surface area contributed by atoms with Gasteiger partial charge in [-0.25, -0.2) is 0 Å². The van der Waals surface area contributed by atoms with Gasteiger partial charge in [0.05, 0.1) is 0 Å². The van der Waals surface area contributed by atoms with Gasteiger partial charge in [-0.05, 0) is 48.9 Å². The number of benzene rings is 1. The summed E-state index contributed by atoms with van der Waals surface area (Å²) in [5.74, 6) is 0. The van der Waals surface area contributed by atoms with Crippen molar-refractivity contribution in [1.82, 2.24) is 5.32 Å². The Morgan fingerprint density at radius 3 is 2.67 bits per heavy atom. The first-order valence-electron chi connectivity index (χ1n) is 7.19. The molecule has 0 spiro atoms. The van der Waals surface area contributed by atoms with E-state index in [4.69, 9.17) is 0 Å². The van der Waals surface area contributed by atoms with Gasteiger partial charge in [-0.3, -0.25) is 0 Å². The Balaban J connectivity index is 2.08. The monoisotopic (exact) mass is 309 g/mol. The van der Waals surface area contributed by atoms with Crippen LogP contribution in [0.3, 0.4) is 0 Å². The Kier molecular flexibility index (Phi) is 5.25. The van der Waals surface area contributed by atoms with Crippen molar-refractivity contribution >= 4 is 15.9 Å². The lowest BCUT2D eigenvalue weighted by Crippen LogP contribution is -2.37. The van der Waals surface area contributed by atoms with Crippen LogP contribution in [0.5, 0.6) is 0 Å². The molecule has 0 aromatic heterocycles. The van der Waals surface area contributed by atoms with E-state index in [1.54, 1.807) is 0 Å². The Morgan fingerprint density at radius 1 is 1.22 bits per heavy atom. The van der Waals surface area contributed by atoms with E-state index in [-0.39, 0.29) is 0 Å². The lowest BCUT2D eigenvalue weighted by atomic mass is 9.70. The van der Waals surface area contributed by atoms with Crippen molar-refractivity contribution in [2.75, 3.05) is 13.1 Å². The van der Waals surface area contributed by atoms with Crippen LogP contribution in [0.1, 0.15) is 44.6 Å². The van der Waals surface area contributed by atoms with Crippen LogP contribution >= 0.6 is 15.9 Å². The maximum Gasteiger partial charge on any atom is 0.0177 e. The van der Waals surface area contributed by atoms with E-state index in [0.717, 1.165) is 6.54 Å². The molecule has 0 atom stereocenters. The molecule has 0 heterocycles. The summed E-state index contributed by atoms with van der Waals surface area (Å²) < 4.78 is 1.20. The zero-order valence-electron chi connectivity index (χ0n) is 11.3. The molecular formula is C16H24BrN. The third-order valence-corrected chi connectivity index (χ3v) is 4.63. The molecule has 0 amide bonds. The predicted molar refractivity (Wildman–Crippen MR) is 81.9 cm³/mol. The molecule has 100 valence electrons. The van der Waals surface area contributed by atoms with Gasteiger partial charge in [0.25, 0.3) is 0 Å². The van der Waals surface area contributed by atoms with Gasteiger partial charge in [0.1, 0.15) is 0 Å². The number of rotatable bonds is 5. The molecule has 1 nitrogen and oxygen atoms in total. The largest absolute Gasteiger partial charge is 0.316 e. The summed E-state index contributed by atoms with van der Waals surface area (Å²) in [5, 5.41) is 3.58. The highest BCUT2D eigenvalue weighted by molar-refractivity contribution is 9.10. The Bertz CT molecular complexity index is 369. The molecular weight excluding hydrogens is 286 g/mol. The molecule has 1 N–H and O–H groups in total. The minimum atomic E-state index is 0.495. The van der Waals surface area contributed by atoms with Crippen molar-refractivity contribution in [3.63, 3.8) is 0 Å². The van der Waals surface area contributed by atoms with E-state index < -0.39 is 0 Å². The van der Waals surface area contributed by atoms with Gasteiger partial charge in [-0.1, -0.05) is 54.2 Å². The Morgan fingerprint density at radius 2 is 2.00 bits per heavy atom. The molecule has 0 unspecified atom stereocenters. The summed E-state index contributed by atoms with van der Waals surface area (Å²) in [6.07, 6.45) is 8.21. The summed E-state index contributed by atoms with van der Waals surface area (Å²) in [7, 11) is 0. The number of halogens is 1. The molecule has 0 bridgehead atoms. The molecule has 1 aromatic rings. The van der Waals surface area contributed by atoms with Crippen LogP contribution in [0.25, 0.3) is 0 Å². The molecule has 0 aliphatic heterocycles. The lowest BCUT2D eigenvalue weighted by molar-refractivity contribution is 0.182. The van der Waals surface area contributed by atoms with E-state index in [1.807, 2.05) is 0 Å². The van der Waals surface area contributed by atoms with Gasteiger partial charge in [0.15, 0.2) is 0 Å². The Labute approximate surface area is 119 Å². The molecule has 2 rings (SSSR count). The van der Waals surface area contributed by atoms with Crippen LogP contribution < -0.4 is 5.32 Å². The Hall–Kier alpha value is -0.340. The van der Waals surface area contributed by atoms with Gasteiger partial charge in [-0.15, -0.1) is 0 Å². The van der Waals surface area contributed by atoms with Crippen LogP contribution in [0.2, 0.25) is 0 Å². The van der Waals surface area contributed by atoms with Crippen molar-refractivity contribution < 1.29 is 0 Å². The SMILES string of the molecule is CCNCC1(Cc2cccc(Br)c2)CCCCC1. The van der Waals surface area contributed by atoms with Crippen molar-refractivity contribution in [2.24, 2.45) is 5.41 Å².